The van der Waals surface area contributed by atoms with E-state index in [0.717, 1.165) is 6.07 Å². The molecule has 1 amide bonds. The highest BCUT2D eigenvalue weighted by Crippen LogP contribution is 2.21. The van der Waals surface area contributed by atoms with Gasteiger partial charge in [-0.2, -0.15) is 0 Å². The number of nitrogens with zero attached hydrogens (tertiary/aromatic N) is 1. The van der Waals surface area contributed by atoms with Gasteiger partial charge in [-0.25, -0.2) is 4.39 Å². The Morgan fingerprint density at radius 2 is 1.90 bits per heavy atom. The number of anilines is 2. The molecule has 0 saturated carbocycles. The first kappa shape index (κ1) is 14.3. The summed E-state index contributed by atoms with van der Waals surface area (Å²) in [6, 6.07) is 10.9. The second kappa shape index (κ2) is 5.92. The molecule has 0 fully saturated rings. The number of amides is 1. The summed E-state index contributed by atoms with van der Waals surface area (Å²) in [6.45, 7) is 2.24. The minimum Gasteiger partial charge on any atom is -0.399 e. The summed E-state index contributed by atoms with van der Waals surface area (Å²) in [7, 11) is 0. The molecule has 0 bridgehead atoms. The van der Waals surface area contributed by atoms with Crippen LogP contribution >= 0.6 is 11.6 Å². The Morgan fingerprint density at radius 1 is 1.25 bits per heavy atom. The average Bonchev–Trinajstić information content (AvgIpc) is 2.41. The molecule has 0 heterocycles. The number of rotatable bonds is 3. The van der Waals surface area contributed by atoms with Crippen molar-refractivity contribution in [2.24, 2.45) is 0 Å². The van der Waals surface area contributed by atoms with Gasteiger partial charge in [0.2, 0.25) is 0 Å². The fourth-order valence-corrected chi connectivity index (χ4v) is 2.06. The maximum atomic E-state index is 13.8. The van der Waals surface area contributed by atoms with E-state index in [1.165, 1.54) is 17.0 Å². The van der Waals surface area contributed by atoms with Crippen LogP contribution in [0.15, 0.2) is 42.5 Å². The van der Waals surface area contributed by atoms with Crippen molar-refractivity contribution in [3.8, 4) is 0 Å². The number of hydrogen-bond acceptors (Lipinski definition) is 2. The van der Waals surface area contributed by atoms with E-state index in [1.54, 1.807) is 24.3 Å². The highest BCUT2D eigenvalue weighted by Gasteiger charge is 2.19. The van der Waals surface area contributed by atoms with Crippen molar-refractivity contribution in [1.29, 1.82) is 0 Å². The number of hydrogen-bond donors (Lipinski definition) is 1. The summed E-state index contributed by atoms with van der Waals surface area (Å²) in [5, 5.41) is 0.259. The Morgan fingerprint density at radius 3 is 2.45 bits per heavy atom. The van der Waals surface area contributed by atoms with Crippen LogP contribution in [0, 0.1) is 5.82 Å². The molecule has 0 aliphatic rings. The van der Waals surface area contributed by atoms with Gasteiger partial charge in [0.15, 0.2) is 0 Å². The molecule has 0 spiro atoms. The standard InChI is InChI=1S/C15H14ClFN2O/c1-2-19(12-6-4-11(18)5-7-12)15(20)13-8-3-10(16)9-14(13)17/h3-9H,2,18H2,1H3. The predicted molar refractivity (Wildman–Crippen MR) is 79.6 cm³/mol. The summed E-state index contributed by atoms with van der Waals surface area (Å²) in [5.74, 6) is -1.04. The highest BCUT2D eigenvalue weighted by molar-refractivity contribution is 6.30. The normalized spacial score (nSPS) is 10.3. The quantitative estimate of drug-likeness (QED) is 0.876. The van der Waals surface area contributed by atoms with Crippen LogP contribution in [0.4, 0.5) is 15.8 Å². The SMILES string of the molecule is CCN(C(=O)c1ccc(Cl)cc1F)c1ccc(N)cc1. The molecule has 2 aromatic carbocycles. The predicted octanol–water partition coefficient (Wildman–Crippen LogP) is 3.73. The van der Waals surface area contributed by atoms with Crippen LogP contribution in [0.3, 0.4) is 0 Å². The molecule has 0 unspecified atom stereocenters. The number of carbonyl (C=O) groups is 1. The summed E-state index contributed by atoms with van der Waals surface area (Å²) >= 11 is 5.69. The van der Waals surface area contributed by atoms with E-state index < -0.39 is 11.7 Å². The van der Waals surface area contributed by atoms with Gasteiger partial charge in [-0.05, 0) is 49.4 Å². The molecule has 0 atom stereocenters. The molecule has 0 aliphatic heterocycles. The second-order valence-electron chi connectivity index (χ2n) is 4.27. The van der Waals surface area contributed by atoms with E-state index in [9.17, 15) is 9.18 Å². The zero-order valence-electron chi connectivity index (χ0n) is 10.9. The van der Waals surface area contributed by atoms with Crippen LogP contribution in [-0.2, 0) is 0 Å². The average molecular weight is 293 g/mol. The Balaban J connectivity index is 2.36. The third-order valence-corrected chi connectivity index (χ3v) is 3.16. The molecule has 5 heteroatoms. The molecule has 2 aromatic rings. The van der Waals surface area contributed by atoms with E-state index in [1.807, 2.05) is 6.92 Å². The van der Waals surface area contributed by atoms with Crippen LogP contribution in [0.5, 0.6) is 0 Å². The van der Waals surface area contributed by atoms with Crippen molar-refractivity contribution in [2.45, 2.75) is 6.92 Å². The topological polar surface area (TPSA) is 46.3 Å². The first-order valence-corrected chi connectivity index (χ1v) is 6.53. The number of nitrogen functional groups attached to an aromatic ring is 1. The maximum Gasteiger partial charge on any atom is 0.261 e. The molecule has 0 aliphatic carbocycles. The van der Waals surface area contributed by atoms with Crippen molar-refractivity contribution in [3.05, 3.63) is 58.9 Å². The van der Waals surface area contributed by atoms with E-state index in [2.05, 4.69) is 0 Å². The van der Waals surface area contributed by atoms with Crippen LogP contribution < -0.4 is 10.6 Å². The van der Waals surface area contributed by atoms with E-state index >= 15 is 0 Å². The number of benzene rings is 2. The van der Waals surface area contributed by atoms with Crippen molar-refractivity contribution < 1.29 is 9.18 Å². The Bertz CT molecular complexity index is 628. The van der Waals surface area contributed by atoms with Gasteiger partial charge in [-0.3, -0.25) is 4.79 Å². The third-order valence-electron chi connectivity index (χ3n) is 2.93. The van der Waals surface area contributed by atoms with Crippen LogP contribution in [-0.4, -0.2) is 12.5 Å². The first-order chi connectivity index (χ1) is 9.52. The van der Waals surface area contributed by atoms with Gasteiger partial charge < -0.3 is 10.6 Å². The Labute approximate surface area is 121 Å². The van der Waals surface area contributed by atoms with Crippen molar-refractivity contribution in [1.82, 2.24) is 0 Å². The maximum absolute atomic E-state index is 13.8. The van der Waals surface area contributed by atoms with E-state index in [4.69, 9.17) is 17.3 Å². The van der Waals surface area contributed by atoms with Crippen LogP contribution in [0.1, 0.15) is 17.3 Å². The molecular weight excluding hydrogens is 279 g/mol. The molecule has 2 N–H and O–H groups in total. The van der Waals surface area contributed by atoms with Crippen molar-refractivity contribution in [3.63, 3.8) is 0 Å². The minimum absolute atomic E-state index is 0.00641. The number of halogens is 2. The lowest BCUT2D eigenvalue weighted by Gasteiger charge is -2.21. The minimum atomic E-state index is -0.628. The third kappa shape index (κ3) is 2.91. The fraction of sp³-hybridized carbons (Fsp3) is 0.133. The van der Waals surface area contributed by atoms with Gasteiger partial charge in [0, 0.05) is 22.9 Å². The van der Waals surface area contributed by atoms with Gasteiger partial charge in [0.1, 0.15) is 5.82 Å². The summed E-state index contributed by atoms with van der Waals surface area (Å²) in [4.78, 5) is 13.9. The van der Waals surface area contributed by atoms with Gasteiger partial charge in [-0.1, -0.05) is 11.6 Å². The zero-order valence-corrected chi connectivity index (χ0v) is 11.7. The second-order valence-corrected chi connectivity index (χ2v) is 4.70. The number of nitrogens with two attached hydrogens (primary N) is 1. The molecule has 104 valence electrons. The Kier molecular flexibility index (Phi) is 4.25. The smallest absolute Gasteiger partial charge is 0.261 e. The highest BCUT2D eigenvalue weighted by atomic mass is 35.5. The van der Waals surface area contributed by atoms with Gasteiger partial charge >= 0.3 is 0 Å². The molecular formula is C15H14ClFN2O. The lowest BCUT2D eigenvalue weighted by molar-refractivity contribution is 0.0984. The van der Waals surface area contributed by atoms with Crippen LogP contribution in [0.2, 0.25) is 5.02 Å². The van der Waals surface area contributed by atoms with Gasteiger partial charge in [-0.15, -0.1) is 0 Å². The summed E-state index contributed by atoms with van der Waals surface area (Å²) in [5.41, 5.74) is 6.89. The van der Waals surface area contributed by atoms with Crippen molar-refractivity contribution in [2.75, 3.05) is 17.2 Å². The monoisotopic (exact) mass is 292 g/mol. The van der Waals surface area contributed by atoms with Crippen LogP contribution in [0.25, 0.3) is 0 Å². The van der Waals surface area contributed by atoms with Gasteiger partial charge in [0.25, 0.3) is 5.91 Å². The molecule has 0 aromatic heterocycles. The number of carbonyl (C=O) groups excluding carboxylic acids is 1. The van der Waals surface area contributed by atoms with Gasteiger partial charge in [0.05, 0.1) is 5.56 Å². The molecule has 2 rings (SSSR count). The Hall–Kier alpha value is -2.07. The molecule has 3 nitrogen and oxygen atoms in total. The first-order valence-electron chi connectivity index (χ1n) is 6.15. The van der Waals surface area contributed by atoms with E-state index in [-0.39, 0.29) is 10.6 Å². The summed E-state index contributed by atoms with van der Waals surface area (Å²) in [6.07, 6.45) is 0. The molecule has 0 radical (unpaired) electrons. The van der Waals surface area contributed by atoms with E-state index in [0.29, 0.717) is 17.9 Å². The van der Waals surface area contributed by atoms with Crippen molar-refractivity contribution >= 4 is 28.9 Å². The zero-order chi connectivity index (χ0) is 14.7. The lowest BCUT2D eigenvalue weighted by atomic mass is 10.1. The lowest BCUT2D eigenvalue weighted by Crippen LogP contribution is -2.31. The molecule has 20 heavy (non-hydrogen) atoms. The molecule has 0 saturated heterocycles. The fourth-order valence-electron chi connectivity index (χ4n) is 1.91. The largest absolute Gasteiger partial charge is 0.399 e. The summed E-state index contributed by atoms with van der Waals surface area (Å²) < 4.78 is 13.8.